The number of aryl methyl sites for hydroxylation is 2. The molecule has 1 fully saturated rings. The first-order valence-corrected chi connectivity index (χ1v) is 5.05. The molecule has 1 aromatic carbocycles. The molecule has 3 rings (SSSR count). The largest absolute Gasteiger partial charge is 0.0585 e. The summed E-state index contributed by atoms with van der Waals surface area (Å²) in [5.74, 6) is 0.927. The van der Waals surface area contributed by atoms with E-state index in [0.29, 0.717) is 0 Å². The standard InChI is InChI=1S/C12H14/c1-2-9-6-7-12(10-4-5-10)8-11(9)3-1/h6-8,10H,1-5H2. The number of rotatable bonds is 1. The average Bonchev–Trinajstić information content (AvgIpc) is 2.84. The lowest BCUT2D eigenvalue weighted by molar-refractivity contribution is 0.911. The fraction of sp³-hybridized carbons (Fsp3) is 0.500. The second-order valence-electron chi connectivity index (χ2n) is 4.16. The van der Waals surface area contributed by atoms with Crippen LogP contribution in [0.25, 0.3) is 0 Å². The van der Waals surface area contributed by atoms with Gasteiger partial charge in [-0.2, -0.15) is 0 Å². The van der Waals surface area contributed by atoms with Gasteiger partial charge in [0.1, 0.15) is 0 Å². The van der Waals surface area contributed by atoms with Crippen LogP contribution in [0.3, 0.4) is 0 Å². The van der Waals surface area contributed by atoms with Gasteiger partial charge in [0.2, 0.25) is 0 Å². The summed E-state index contributed by atoms with van der Waals surface area (Å²) >= 11 is 0. The lowest BCUT2D eigenvalue weighted by Crippen LogP contribution is -1.85. The van der Waals surface area contributed by atoms with E-state index in [1.807, 2.05) is 0 Å². The van der Waals surface area contributed by atoms with Gasteiger partial charge in [0.15, 0.2) is 0 Å². The van der Waals surface area contributed by atoms with Crippen LogP contribution in [0.1, 0.15) is 41.9 Å². The second kappa shape index (κ2) is 2.35. The third kappa shape index (κ3) is 0.979. The van der Waals surface area contributed by atoms with E-state index in [0.717, 1.165) is 5.92 Å². The Morgan fingerprint density at radius 2 is 1.83 bits per heavy atom. The summed E-state index contributed by atoms with van der Waals surface area (Å²) in [6.45, 7) is 0. The molecule has 0 atom stereocenters. The van der Waals surface area contributed by atoms with Crippen LogP contribution in [0.15, 0.2) is 18.2 Å². The maximum atomic E-state index is 2.46. The molecule has 0 heteroatoms. The van der Waals surface area contributed by atoms with Crippen molar-refractivity contribution in [1.29, 1.82) is 0 Å². The Labute approximate surface area is 73.6 Å². The zero-order valence-electron chi connectivity index (χ0n) is 7.34. The van der Waals surface area contributed by atoms with Crippen LogP contribution in [-0.2, 0) is 12.8 Å². The average molecular weight is 158 g/mol. The monoisotopic (exact) mass is 158 g/mol. The van der Waals surface area contributed by atoms with Crippen molar-refractivity contribution in [3.05, 3.63) is 34.9 Å². The van der Waals surface area contributed by atoms with Gasteiger partial charge in [0, 0.05) is 0 Å². The van der Waals surface area contributed by atoms with E-state index in [1.54, 1.807) is 16.7 Å². The molecule has 0 spiro atoms. The van der Waals surface area contributed by atoms with Crippen molar-refractivity contribution in [2.24, 2.45) is 0 Å². The summed E-state index contributed by atoms with van der Waals surface area (Å²) in [4.78, 5) is 0. The van der Waals surface area contributed by atoms with Crippen LogP contribution in [0.2, 0.25) is 0 Å². The van der Waals surface area contributed by atoms with Gasteiger partial charge in [-0.3, -0.25) is 0 Å². The normalized spacial score (nSPS) is 21.0. The third-order valence-electron chi connectivity index (χ3n) is 3.17. The minimum Gasteiger partial charge on any atom is -0.0585 e. The Hall–Kier alpha value is -0.780. The molecule has 0 bridgehead atoms. The van der Waals surface area contributed by atoms with Crippen LogP contribution in [0.4, 0.5) is 0 Å². The summed E-state index contributed by atoms with van der Waals surface area (Å²) < 4.78 is 0. The minimum absolute atomic E-state index is 0.927. The van der Waals surface area contributed by atoms with Crippen molar-refractivity contribution >= 4 is 0 Å². The first-order valence-electron chi connectivity index (χ1n) is 5.05. The van der Waals surface area contributed by atoms with E-state index < -0.39 is 0 Å². The third-order valence-corrected chi connectivity index (χ3v) is 3.17. The SMILES string of the molecule is c1cc2c(cc1C1CC1)CCC2. The molecular formula is C12H14. The summed E-state index contributed by atoms with van der Waals surface area (Å²) in [5, 5.41) is 0. The van der Waals surface area contributed by atoms with Crippen LogP contribution in [0, 0.1) is 0 Å². The molecule has 2 aliphatic rings. The predicted octanol–water partition coefficient (Wildman–Crippen LogP) is 3.05. The lowest BCUT2D eigenvalue weighted by Gasteiger charge is -2.02. The maximum Gasteiger partial charge on any atom is -0.0161 e. The van der Waals surface area contributed by atoms with E-state index in [4.69, 9.17) is 0 Å². The summed E-state index contributed by atoms with van der Waals surface area (Å²) in [6, 6.07) is 7.16. The Morgan fingerprint density at radius 1 is 1.00 bits per heavy atom. The van der Waals surface area contributed by atoms with E-state index in [1.165, 1.54) is 32.1 Å². The van der Waals surface area contributed by atoms with Crippen LogP contribution in [0.5, 0.6) is 0 Å². The zero-order valence-corrected chi connectivity index (χ0v) is 7.34. The summed E-state index contributed by atoms with van der Waals surface area (Å²) in [5.41, 5.74) is 4.86. The molecule has 0 aromatic heterocycles. The van der Waals surface area contributed by atoms with Crippen molar-refractivity contribution in [3.63, 3.8) is 0 Å². The topological polar surface area (TPSA) is 0 Å². The quantitative estimate of drug-likeness (QED) is 0.589. The van der Waals surface area contributed by atoms with Gasteiger partial charge in [0.05, 0.1) is 0 Å². The van der Waals surface area contributed by atoms with Crippen molar-refractivity contribution in [1.82, 2.24) is 0 Å². The highest BCUT2D eigenvalue weighted by molar-refractivity contribution is 5.37. The molecule has 0 nitrogen and oxygen atoms in total. The predicted molar refractivity (Wildman–Crippen MR) is 50.4 cm³/mol. The van der Waals surface area contributed by atoms with Gasteiger partial charge in [-0.05, 0) is 54.7 Å². The highest BCUT2D eigenvalue weighted by Gasteiger charge is 2.24. The molecule has 1 saturated carbocycles. The lowest BCUT2D eigenvalue weighted by atomic mass is 10.0. The molecule has 2 aliphatic carbocycles. The van der Waals surface area contributed by atoms with E-state index in [9.17, 15) is 0 Å². The summed E-state index contributed by atoms with van der Waals surface area (Å²) in [6.07, 6.45) is 6.89. The van der Waals surface area contributed by atoms with Gasteiger partial charge in [0.25, 0.3) is 0 Å². The van der Waals surface area contributed by atoms with Gasteiger partial charge in [-0.1, -0.05) is 18.2 Å². The molecule has 62 valence electrons. The van der Waals surface area contributed by atoms with E-state index >= 15 is 0 Å². The summed E-state index contributed by atoms with van der Waals surface area (Å²) in [7, 11) is 0. The van der Waals surface area contributed by atoms with Crippen LogP contribution in [-0.4, -0.2) is 0 Å². The molecule has 0 amide bonds. The number of hydrogen-bond acceptors (Lipinski definition) is 0. The molecule has 0 aliphatic heterocycles. The van der Waals surface area contributed by atoms with E-state index in [-0.39, 0.29) is 0 Å². The molecule has 1 aromatic rings. The van der Waals surface area contributed by atoms with Crippen molar-refractivity contribution < 1.29 is 0 Å². The van der Waals surface area contributed by atoms with E-state index in [2.05, 4.69) is 18.2 Å². The first-order chi connectivity index (χ1) is 5.93. The van der Waals surface area contributed by atoms with Crippen molar-refractivity contribution in [2.75, 3.05) is 0 Å². The van der Waals surface area contributed by atoms with Crippen molar-refractivity contribution in [3.8, 4) is 0 Å². The van der Waals surface area contributed by atoms with Gasteiger partial charge in [-0.15, -0.1) is 0 Å². The molecule has 12 heavy (non-hydrogen) atoms. The Bertz CT molecular complexity index is 308. The minimum atomic E-state index is 0.927. The highest BCUT2D eigenvalue weighted by atomic mass is 14.3. The van der Waals surface area contributed by atoms with Crippen LogP contribution < -0.4 is 0 Å². The first kappa shape index (κ1) is 6.71. The van der Waals surface area contributed by atoms with Gasteiger partial charge < -0.3 is 0 Å². The van der Waals surface area contributed by atoms with Crippen LogP contribution >= 0.6 is 0 Å². The highest BCUT2D eigenvalue weighted by Crippen LogP contribution is 2.41. The van der Waals surface area contributed by atoms with Gasteiger partial charge >= 0.3 is 0 Å². The Morgan fingerprint density at radius 3 is 2.67 bits per heavy atom. The smallest absolute Gasteiger partial charge is 0.0161 e. The number of hydrogen-bond donors (Lipinski definition) is 0. The Balaban J connectivity index is 2.03. The fourth-order valence-electron chi connectivity index (χ4n) is 2.26. The van der Waals surface area contributed by atoms with Gasteiger partial charge in [-0.25, -0.2) is 0 Å². The molecule has 0 saturated heterocycles. The molecule has 0 N–H and O–H groups in total. The Kier molecular flexibility index (Phi) is 1.31. The molecule has 0 unspecified atom stereocenters. The molecular weight excluding hydrogens is 144 g/mol. The number of fused-ring (bicyclic) bond motifs is 1. The number of benzene rings is 1. The molecule has 0 radical (unpaired) electrons. The zero-order chi connectivity index (χ0) is 7.97. The van der Waals surface area contributed by atoms with Crippen molar-refractivity contribution in [2.45, 2.75) is 38.0 Å². The maximum absolute atomic E-state index is 2.46. The fourth-order valence-corrected chi connectivity index (χ4v) is 2.26. The molecule has 0 heterocycles. The second-order valence-corrected chi connectivity index (χ2v) is 4.16.